The van der Waals surface area contributed by atoms with Gasteiger partial charge in [0, 0.05) is 36.6 Å². The molecule has 4 aromatic rings. The lowest BCUT2D eigenvalue weighted by Gasteiger charge is -2.34. The largest absolute Gasteiger partial charge is 0.494 e. The number of nitrogens with zero attached hydrogens (tertiary/aromatic N) is 3. The van der Waals surface area contributed by atoms with Gasteiger partial charge in [-0.25, -0.2) is 27.2 Å². The topological polar surface area (TPSA) is 110 Å². The quantitative estimate of drug-likeness (QED) is 0.299. The molecular weight excluding hydrogens is 536 g/mol. The number of benzene rings is 3. The van der Waals surface area contributed by atoms with E-state index >= 15 is 0 Å². The van der Waals surface area contributed by atoms with Crippen LogP contribution in [0.4, 0.5) is 20.4 Å². The number of piperidine rings is 1. The van der Waals surface area contributed by atoms with Crippen LogP contribution in [0, 0.1) is 17.6 Å². The molecule has 208 valence electrons. The number of nitrogens with one attached hydrogen (secondary N) is 1. The van der Waals surface area contributed by atoms with Crippen LogP contribution in [0.15, 0.2) is 83.9 Å². The molecule has 11 heteroatoms. The van der Waals surface area contributed by atoms with E-state index in [1.54, 1.807) is 42.6 Å². The van der Waals surface area contributed by atoms with E-state index < -0.39 is 15.8 Å². The lowest BCUT2D eigenvalue weighted by molar-refractivity contribution is 0.245. The SMILES string of the molecule is COc1ccc(-c2ccnc(Nc3ccc(S(=O)(=O)N4CCC(C(N)c5ccc(F)cc5)CC4)cc3)n2)cc1F. The van der Waals surface area contributed by atoms with Gasteiger partial charge in [-0.1, -0.05) is 12.1 Å². The van der Waals surface area contributed by atoms with E-state index in [0.717, 1.165) is 5.56 Å². The first-order valence-corrected chi connectivity index (χ1v) is 14.2. The van der Waals surface area contributed by atoms with Crippen LogP contribution in [-0.2, 0) is 10.0 Å². The summed E-state index contributed by atoms with van der Waals surface area (Å²) in [6, 6.07) is 18.5. The van der Waals surface area contributed by atoms with Crippen LogP contribution in [0.3, 0.4) is 0 Å². The second kappa shape index (κ2) is 11.7. The molecule has 0 aliphatic carbocycles. The highest BCUT2D eigenvalue weighted by Crippen LogP contribution is 2.32. The van der Waals surface area contributed by atoms with Crippen molar-refractivity contribution in [3.05, 3.63) is 96.2 Å². The normalized spacial score (nSPS) is 15.5. The molecule has 1 aromatic heterocycles. The lowest BCUT2D eigenvalue weighted by atomic mass is 9.86. The Morgan fingerprint density at radius 3 is 2.35 bits per heavy atom. The molecule has 8 nitrogen and oxygen atoms in total. The van der Waals surface area contributed by atoms with Crippen molar-refractivity contribution in [2.24, 2.45) is 11.7 Å². The van der Waals surface area contributed by atoms with Gasteiger partial charge in [0.05, 0.1) is 17.7 Å². The fourth-order valence-corrected chi connectivity index (χ4v) is 6.30. The number of aromatic nitrogens is 2. The summed E-state index contributed by atoms with van der Waals surface area (Å²) in [5.41, 5.74) is 8.92. The van der Waals surface area contributed by atoms with Crippen molar-refractivity contribution in [1.82, 2.24) is 14.3 Å². The van der Waals surface area contributed by atoms with E-state index in [2.05, 4.69) is 15.3 Å². The Morgan fingerprint density at radius 2 is 1.70 bits per heavy atom. The first-order valence-electron chi connectivity index (χ1n) is 12.8. The molecule has 40 heavy (non-hydrogen) atoms. The van der Waals surface area contributed by atoms with Crippen molar-refractivity contribution in [2.75, 3.05) is 25.5 Å². The zero-order chi connectivity index (χ0) is 28.3. The predicted molar refractivity (Wildman–Crippen MR) is 149 cm³/mol. The summed E-state index contributed by atoms with van der Waals surface area (Å²) in [5.74, 6) is -0.282. The number of hydrogen-bond acceptors (Lipinski definition) is 7. The summed E-state index contributed by atoms with van der Waals surface area (Å²) in [7, 11) is -2.29. The maximum atomic E-state index is 14.1. The summed E-state index contributed by atoms with van der Waals surface area (Å²) in [6.07, 6.45) is 2.78. The lowest BCUT2D eigenvalue weighted by Crippen LogP contribution is -2.40. The molecule has 0 bridgehead atoms. The first-order chi connectivity index (χ1) is 19.2. The Morgan fingerprint density at radius 1 is 1.00 bits per heavy atom. The summed E-state index contributed by atoms with van der Waals surface area (Å²) in [5, 5.41) is 3.06. The number of sulfonamides is 1. The first kappa shape index (κ1) is 27.6. The Hall–Kier alpha value is -3.93. The van der Waals surface area contributed by atoms with Gasteiger partial charge in [0.1, 0.15) is 5.82 Å². The van der Waals surface area contributed by atoms with Gasteiger partial charge in [0.25, 0.3) is 0 Å². The van der Waals surface area contributed by atoms with Crippen molar-refractivity contribution in [3.8, 4) is 17.0 Å². The standard InChI is InChI=1S/C29H29F2N5O3S/c1-39-27-11-4-21(18-25(27)31)26-12-15-33-29(35-26)34-23-7-9-24(10-8-23)40(37,38)36-16-13-20(14-17-36)28(32)19-2-5-22(30)6-3-19/h2-12,15,18,20,28H,13-14,16-17,32H2,1H3,(H,33,34,35). The Kier molecular flexibility index (Phi) is 8.06. The summed E-state index contributed by atoms with van der Waals surface area (Å²) in [6.45, 7) is 0.711. The molecule has 3 N–H and O–H groups in total. The van der Waals surface area contributed by atoms with Crippen LogP contribution in [0.5, 0.6) is 5.75 Å². The molecule has 1 atom stereocenters. The van der Waals surface area contributed by atoms with Gasteiger partial charge in [-0.3, -0.25) is 0 Å². The minimum atomic E-state index is -3.69. The van der Waals surface area contributed by atoms with Crippen molar-refractivity contribution in [1.29, 1.82) is 0 Å². The van der Waals surface area contributed by atoms with Crippen LogP contribution < -0.4 is 15.8 Å². The number of hydrogen-bond donors (Lipinski definition) is 2. The third-order valence-corrected chi connectivity index (χ3v) is 9.03. The smallest absolute Gasteiger partial charge is 0.243 e. The second-order valence-corrected chi connectivity index (χ2v) is 11.5. The molecule has 0 spiro atoms. The van der Waals surface area contributed by atoms with Crippen LogP contribution in [0.25, 0.3) is 11.3 Å². The average molecular weight is 566 g/mol. The molecule has 1 unspecified atom stereocenters. The average Bonchev–Trinajstić information content (AvgIpc) is 2.97. The van der Waals surface area contributed by atoms with Crippen molar-refractivity contribution in [3.63, 3.8) is 0 Å². The molecule has 3 aromatic carbocycles. The molecule has 0 radical (unpaired) electrons. The highest BCUT2D eigenvalue weighted by atomic mass is 32.2. The number of nitrogens with two attached hydrogens (primary N) is 1. The van der Waals surface area contributed by atoms with Crippen molar-refractivity contribution >= 4 is 21.7 Å². The van der Waals surface area contributed by atoms with E-state index in [1.807, 2.05) is 0 Å². The van der Waals surface area contributed by atoms with E-state index in [0.29, 0.717) is 42.9 Å². The molecule has 1 aliphatic rings. The molecule has 2 heterocycles. The fraction of sp³-hybridized carbons (Fsp3) is 0.241. The Labute approximate surface area is 231 Å². The van der Waals surface area contributed by atoms with Gasteiger partial charge in [0.2, 0.25) is 16.0 Å². The molecular formula is C29H29F2N5O3S. The highest BCUT2D eigenvalue weighted by molar-refractivity contribution is 7.89. The van der Waals surface area contributed by atoms with Crippen molar-refractivity contribution < 1.29 is 21.9 Å². The maximum absolute atomic E-state index is 14.1. The molecule has 1 aliphatic heterocycles. The van der Waals surface area contributed by atoms with E-state index in [9.17, 15) is 17.2 Å². The number of rotatable bonds is 8. The Balaban J connectivity index is 1.22. The van der Waals surface area contributed by atoms with Gasteiger partial charge in [0.15, 0.2) is 11.6 Å². The molecule has 0 saturated carbocycles. The van der Waals surface area contributed by atoms with Crippen LogP contribution >= 0.6 is 0 Å². The van der Waals surface area contributed by atoms with Gasteiger partial charge >= 0.3 is 0 Å². The summed E-state index contributed by atoms with van der Waals surface area (Å²) in [4.78, 5) is 8.84. The Bertz CT molecular complexity index is 1580. The highest BCUT2D eigenvalue weighted by Gasteiger charge is 2.32. The zero-order valence-corrected chi connectivity index (χ0v) is 22.6. The van der Waals surface area contributed by atoms with Crippen molar-refractivity contribution in [2.45, 2.75) is 23.8 Å². The van der Waals surface area contributed by atoms with Gasteiger partial charge in [-0.15, -0.1) is 0 Å². The third-order valence-electron chi connectivity index (χ3n) is 7.11. The third kappa shape index (κ3) is 5.96. The van der Waals surface area contributed by atoms with Gasteiger partial charge in [-0.05, 0) is 85.0 Å². The fourth-order valence-electron chi connectivity index (χ4n) is 4.83. The van der Waals surface area contributed by atoms with Crippen LogP contribution in [0.2, 0.25) is 0 Å². The maximum Gasteiger partial charge on any atom is 0.243 e. The molecule has 1 saturated heterocycles. The summed E-state index contributed by atoms with van der Waals surface area (Å²) >= 11 is 0. The number of methoxy groups -OCH3 is 1. The molecule has 0 amide bonds. The summed E-state index contributed by atoms with van der Waals surface area (Å²) < 4.78 is 60.4. The van der Waals surface area contributed by atoms with E-state index in [-0.39, 0.29) is 34.4 Å². The number of ether oxygens (including phenoxy) is 1. The van der Waals surface area contributed by atoms with Gasteiger partial charge < -0.3 is 15.8 Å². The number of anilines is 2. The zero-order valence-electron chi connectivity index (χ0n) is 21.8. The number of halogens is 2. The van der Waals surface area contributed by atoms with Crippen LogP contribution in [-0.4, -0.2) is 42.9 Å². The predicted octanol–water partition coefficient (Wildman–Crippen LogP) is 5.27. The minimum Gasteiger partial charge on any atom is -0.494 e. The molecule has 5 rings (SSSR count). The van der Waals surface area contributed by atoms with Gasteiger partial charge in [-0.2, -0.15) is 4.31 Å². The second-order valence-electron chi connectivity index (χ2n) is 9.58. The van der Waals surface area contributed by atoms with Crippen LogP contribution in [0.1, 0.15) is 24.4 Å². The monoisotopic (exact) mass is 565 g/mol. The molecule has 1 fully saturated rings. The van der Waals surface area contributed by atoms with E-state index in [4.69, 9.17) is 10.5 Å². The minimum absolute atomic E-state index is 0.105. The van der Waals surface area contributed by atoms with E-state index in [1.165, 1.54) is 47.8 Å².